The van der Waals surface area contributed by atoms with Crippen LogP contribution in [0.5, 0.6) is 0 Å². The summed E-state index contributed by atoms with van der Waals surface area (Å²) in [5, 5.41) is 10.4. The lowest BCUT2D eigenvalue weighted by atomic mass is 9.93. The summed E-state index contributed by atoms with van der Waals surface area (Å²) in [4.78, 5) is 17.1. The minimum atomic E-state index is -0.324. The Bertz CT molecular complexity index is 1270. The van der Waals surface area contributed by atoms with E-state index < -0.39 is 0 Å². The topological polar surface area (TPSA) is 66.1 Å². The molecular formula is C26H23FN4O. The monoisotopic (exact) mass is 426 g/mol. The average Bonchev–Trinajstić information content (AvgIpc) is 2.78. The predicted octanol–water partition coefficient (Wildman–Crippen LogP) is 6.33. The molecule has 0 spiro atoms. The molecule has 6 heteroatoms. The Morgan fingerprint density at radius 2 is 1.72 bits per heavy atom. The largest absolute Gasteiger partial charge is 0.382 e. The zero-order chi connectivity index (χ0) is 21.9. The second-order valence-electron chi connectivity index (χ2n) is 8.03. The molecule has 0 unspecified atom stereocenters. The third-order valence-electron chi connectivity index (χ3n) is 5.73. The van der Waals surface area contributed by atoms with Crippen LogP contribution in [0.25, 0.3) is 10.9 Å². The van der Waals surface area contributed by atoms with Gasteiger partial charge in [-0.05, 0) is 86.0 Å². The number of nitrogens with one attached hydrogen (secondary N) is 3. The maximum absolute atomic E-state index is 13.7. The zero-order valence-electron chi connectivity index (χ0n) is 17.4. The van der Waals surface area contributed by atoms with Crippen LogP contribution in [0, 0.1) is 5.82 Å². The van der Waals surface area contributed by atoms with Crippen molar-refractivity contribution in [2.75, 3.05) is 16.0 Å². The SMILES string of the molecule is O=C(Nc1ccc(NC2CCC2)cc1)c1cccc(Nc2ccnc3ccc(F)cc23)c1. The van der Waals surface area contributed by atoms with E-state index in [0.717, 1.165) is 22.7 Å². The highest BCUT2D eigenvalue weighted by molar-refractivity contribution is 6.05. The zero-order valence-corrected chi connectivity index (χ0v) is 17.4. The number of benzene rings is 3. The van der Waals surface area contributed by atoms with Crippen molar-refractivity contribution in [1.29, 1.82) is 0 Å². The van der Waals surface area contributed by atoms with Crippen molar-refractivity contribution in [2.24, 2.45) is 0 Å². The third-order valence-corrected chi connectivity index (χ3v) is 5.73. The normalized spacial score (nSPS) is 13.4. The number of hydrogen-bond donors (Lipinski definition) is 3. The number of pyridine rings is 1. The van der Waals surface area contributed by atoms with Crippen molar-refractivity contribution in [3.8, 4) is 0 Å². The number of hydrogen-bond acceptors (Lipinski definition) is 4. The highest BCUT2D eigenvalue weighted by atomic mass is 19.1. The first-order chi connectivity index (χ1) is 15.6. The van der Waals surface area contributed by atoms with Crippen molar-refractivity contribution >= 4 is 39.6 Å². The molecule has 1 saturated carbocycles. The van der Waals surface area contributed by atoms with Gasteiger partial charge in [0.05, 0.1) is 5.52 Å². The second kappa shape index (κ2) is 8.67. The minimum Gasteiger partial charge on any atom is -0.382 e. The number of amides is 1. The summed E-state index contributed by atoms with van der Waals surface area (Å²) in [5.41, 5.74) is 4.48. The van der Waals surface area contributed by atoms with E-state index in [1.54, 1.807) is 30.5 Å². The van der Waals surface area contributed by atoms with Crippen molar-refractivity contribution < 1.29 is 9.18 Å². The summed E-state index contributed by atoms with van der Waals surface area (Å²) in [6, 6.07) is 21.8. The van der Waals surface area contributed by atoms with Gasteiger partial charge in [0.2, 0.25) is 0 Å². The Kier molecular flexibility index (Phi) is 5.42. The highest BCUT2D eigenvalue weighted by Gasteiger charge is 2.16. The summed E-state index contributed by atoms with van der Waals surface area (Å²) < 4.78 is 13.7. The van der Waals surface area contributed by atoms with Crippen LogP contribution in [0.1, 0.15) is 29.6 Å². The number of nitrogens with zero attached hydrogens (tertiary/aromatic N) is 1. The fraction of sp³-hybridized carbons (Fsp3) is 0.154. The molecule has 32 heavy (non-hydrogen) atoms. The van der Waals surface area contributed by atoms with E-state index >= 15 is 0 Å². The first kappa shape index (κ1) is 20.0. The van der Waals surface area contributed by atoms with E-state index in [1.165, 1.54) is 31.4 Å². The summed E-state index contributed by atoms with van der Waals surface area (Å²) in [6.45, 7) is 0. The smallest absolute Gasteiger partial charge is 0.255 e. The molecule has 0 saturated heterocycles. The molecule has 0 radical (unpaired) electrons. The molecule has 1 fully saturated rings. The Morgan fingerprint density at radius 1 is 0.906 bits per heavy atom. The molecule has 160 valence electrons. The molecule has 0 aliphatic heterocycles. The van der Waals surface area contributed by atoms with Gasteiger partial charge in [-0.3, -0.25) is 9.78 Å². The van der Waals surface area contributed by atoms with Gasteiger partial charge in [0.1, 0.15) is 5.82 Å². The standard InChI is InChI=1S/C26H23FN4O/c27-18-7-12-24-23(16-18)25(13-14-28-24)30-22-6-1-3-17(15-22)26(32)31-21-10-8-20(9-11-21)29-19-4-2-5-19/h1,3,6-16,19,29H,2,4-5H2,(H,28,30)(H,31,32). The lowest BCUT2D eigenvalue weighted by Crippen LogP contribution is -2.26. The van der Waals surface area contributed by atoms with Crippen LogP contribution in [0.15, 0.2) is 79.0 Å². The van der Waals surface area contributed by atoms with Gasteiger partial charge in [-0.2, -0.15) is 0 Å². The fourth-order valence-electron chi connectivity index (χ4n) is 3.76. The van der Waals surface area contributed by atoms with Gasteiger partial charge in [0.15, 0.2) is 0 Å². The van der Waals surface area contributed by atoms with Gasteiger partial charge in [0, 0.05) is 45.9 Å². The van der Waals surface area contributed by atoms with E-state index in [1.807, 2.05) is 36.4 Å². The summed E-state index contributed by atoms with van der Waals surface area (Å²) in [6.07, 6.45) is 5.39. The van der Waals surface area contributed by atoms with Crippen molar-refractivity contribution in [3.05, 3.63) is 90.4 Å². The number of anilines is 4. The van der Waals surface area contributed by atoms with Gasteiger partial charge < -0.3 is 16.0 Å². The summed E-state index contributed by atoms with van der Waals surface area (Å²) >= 11 is 0. The first-order valence-corrected chi connectivity index (χ1v) is 10.7. The van der Waals surface area contributed by atoms with Crippen molar-refractivity contribution in [3.63, 3.8) is 0 Å². The Balaban J connectivity index is 1.29. The van der Waals surface area contributed by atoms with Crippen molar-refractivity contribution in [2.45, 2.75) is 25.3 Å². The molecule has 3 N–H and O–H groups in total. The van der Waals surface area contributed by atoms with Crippen molar-refractivity contribution in [1.82, 2.24) is 4.98 Å². The van der Waals surface area contributed by atoms with E-state index in [2.05, 4.69) is 20.9 Å². The highest BCUT2D eigenvalue weighted by Crippen LogP contribution is 2.27. The summed E-state index contributed by atoms with van der Waals surface area (Å²) in [7, 11) is 0. The molecule has 1 aliphatic carbocycles. The van der Waals surface area contributed by atoms with Crippen LogP contribution >= 0.6 is 0 Å². The fourth-order valence-corrected chi connectivity index (χ4v) is 3.76. The Labute approximate surface area is 185 Å². The van der Waals surface area contributed by atoms with Crippen LogP contribution in [0.4, 0.5) is 27.1 Å². The van der Waals surface area contributed by atoms with Gasteiger partial charge in [0.25, 0.3) is 5.91 Å². The predicted molar refractivity (Wildman–Crippen MR) is 127 cm³/mol. The Morgan fingerprint density at radius 3 is 2.50 bits per heavy atom. The van der Waals surface area contributed by atoms with E-state index in [4.69, 9.17) is 0 Å². The molecule has 4 aromatic rings. The molecule has 0 bridgehead atoms. The molecule has 0 atom stereocenters. The number of fused-ring (bicyclic) bond motifs is 1. The summed E-state index contributed by atoms with van der Waals surface area (Å²) in [5.74, 6) is -0.519. The van der Waals surface area contributed by atoms with Crippen LogP contribution in [-0.2, 0) is 0 Å². The molecular weight excluding hydrogens is 403 g/mol. The van der Waals surface area contributed by atoms with E-state index in [0.29, 0.717) is 22.5 Å². The number of aromatic nitrogens is 1. The van der Waals surface area contributed by atoms with Gasteiger partial charge in [-0.25, -0.2) is 4.39 Å². The maximum Gasteiger partial charge on any atom is 0.255 e. The maximum atomic E-state index is 13.7. The van der Waals surface area contributed by atoms with Crippen LogP contribution in [0.3, 0.4) is 0 Å². The third kappa shape index (κ3) is 4.39. The van der Waals surface area contributed by atoms with E-state index in [9.17, 15) is 9.18 Å². The molecule has 1 heterocycles. The first-order valence-electron chi connectivity index (χ1n) is 10.7. The minimum absolute atomic E-state index is 0.195. The van der Waals surface area contributed by atoms with Crippen LogP contribution in [-0.4, -0.2) is 16.9 Å². The molecule has 1 aromatic heterocycles. The Hall–Kier alpha value is -3.93. The lowest BCUT2D eigenvalue weighted by Gasteiger charge is -2.27. The lowest BCUT2D eigenvalue weighted by molar-refractivity contribution is 0.102. The van der Waals surface area contributed by atoms with Crippen LogP contribution in [0.2, 0.25) is 0 Å². The number of rotatable bonds is 6. The molecule has 1 amide bonds. The van der Waals surface area contributed by atoms with Gasteiger partial charge in [-0.1, -0.05) is 6.07 Å². The molecule has 5 nitrogen and oxygen atoms in total. The molecule has 3 aromatic carbocycles. The molecule has 5 rings (SSSR count). The molecule has 1 aliphatic rings. The second-order valence-corrected chi connectivity index (χ2v) is 8.03. The van der Waals surface area contributed by atoms with Crippen LogP contribution < -0.4 is 16.0 Å². The van der Waals surface area contributed by atoms with Gasteiger partial charge in [-0.15, -0.1) is 0 Å². The average molecular weight is 426 g/mol. The van der Waals surface area contributed by atoms with E-state index in [-0.39, 0.29) is 11.7 Å². The number of carbonyl (C=O) groups is 1. The van der Waals surface area contributed by atoms with Gasteiger partial charge >= 0.3 is 0 Å². The number of carbonyl (C=O) groups excluding carboxylic acids is 1. The number of halogens is 1. The quantitative estimate of drug-likeness (QED) is 0.337.